The number of nitrogens with zero attached hydrogens (tertiary/aromatic N) is 1. The van der Waals surface area contributed by atoms with Gasteiger partial charge < -0.3 is 14.6 Å². The number of carbonyl (C=O) groups is 1. The van der Waals surface area contributed by atoms with Crippen LogP contribution >= 0.6 is 0 Å². The molecule has 24 heavy (non-hydrogen) atoms. The van der Waals surface area contributed by atoms with E-state index in [1.165, 1.54) is 36.4 Å². The van der Waals surface area contributed by atoms with Crippen molar-refractivity contribution >= 4 is 5.91 Å². The van der Waals surface area contributed by atoms with Gasteiger partial charge in [0, 0.05) is 30.8 Å². The number of alkyl halides is 1. The molecule has 1 aromatic carbocycles. The maximum Gasteiger partial charge on any atom is 0.259 e. The van der Waals surface area contributed by atoms with Gasteiger partial charge >= 0.3 is 0 Å². The SMILES string of the molecule is COc1cc(=O)[nH]cc1C(=O)N1CCC(F)(c2ccccc2F)C1. The van der Waals surface area contributed by atoms with Crippen LogP contribution in [0.25, 0.3) is 0 Å². The van der Waals surface area contributed by atoms with Gasteiger partial charge in [0.05, 0.1) is 19.2 Å². The summed E-state index contributed by atoms with van der Waals surface area (Å²) >= 11 is 0. The van der Waals surface area contributed by atoms with E-state index in [0.29, 0.717) is 0 Å². The maximum absolute atomic E-state index is 15.2. The molecule has 1 aliphatic heterocycles. The lowest BCUT2D eigenvalue weighted by atomic mass is 9.94. The average Bonchev–Trinajstić information content (AvgIpc) is 2.98. The van der Waals surface area contributed by atoms with Crippen molar-refractivity contribution in [2.45, 2.75) is 12.1 Å². The van der Waals surface area contributed by atoms with Crippen molar-refractivity contribution in [3.8, 4) is 5.75 Å². The van der Waals surface area contributed by atoms with E-state index in [2.05, 4.69) is 4.98 Å². The summed E-state index contributed by atoms with van der Waals surface area (Å²) in [6, 6.07) is 6.80. The molecule has 1 aromatic heterocycles. The number of benzene rings is 1. The summed E-state index contributed by atoms with van der Waals surface area (Å²) in [6.07, 6.45) is 1.25. The molecule has 1 amide bonds. The second-order valence-electron chi connectivity index (χ2n) is 5.70. The fraction of sp³-hybridized carbons (Fsp3) is 0.294. The number of hydrogen-bond donors (Lipinski definition) is 1. The molecule has 126 valence electrons. The molecule has 0 spiro atoms. The number of rotatable bonds is 3. The van der Waals surface area contributed by atoms with Crippen LogP contribution in [0.15, 0.2) is 41.3 Å². The van der Waals surface area contributed by atoms with Gasteiger partial charge in [-0.1, -0.05) is 18.2 Å². The molecule has 1 saturated heterocycles. The van der Waals surface area contributed by atoms with Crippen LogP contribution in [0, 0.1) is 5.82 Å². The predicted molar refractivity (Wildman–Crippen MR) is 83.3 cm³/mol. The van der Waals surface area contributed by atoms with Crippen LogP contribution in [0.3, 0.4) is 0 Å². The summed E-state index contributed by atoms with van der Waals surface area (Å²) < 4.78 is 34.1. The van der Waals surface area contributed by atoms with Crippen LogP contribution in [-0.4, -0.2) is 36.0 Å². The third kappa shape index (κ3) is 2.77. The van der Waals surface area contributed by atoms with Gasteiger partial charge in [-0.2, -0.15) is 0 Å². The summed E-state index contributed by atoms with van der Waals surface area (Å²) in [5, 5.41) is 0. The molecule has 0 aliphatic carbocycles. The van der Waals surface area contributed by atoms with Crippen molar-refractivity contribution in [2.24, 2.45) is 0 Å². The van der Waals surface area contributed by atoms with Gasteiger partial charge in [0.1, 0.15) is 11.6 Å². The van der Waals surface area contributed by atoms with E-state index < -0.39 is 23.0 Å². The Morgan fingerprint density at radius 1 is 1.38 bits per heavy atom. The molecule has 2 aromatic rings. The van der Waals surface area contributed by atoms with Gasteiger partial charge in [0.2, 0.25) is 0 Å². The zero-order valence-corrected chi connectivity index (χ0v) is 13.0. The van der Waals surface area contributed by atoms with Crippen LogP contribution in [0.2, 0.25) is 0 Å². The number of halogens is 2. The van der Waals surface area contributed by atoms with Crippen LogP contribution in [0.1, 0.15) is 22.3 Å². The van der Waals surface area contributed by atoms with Crippen molar-refractivity contribution in [1.82, 2.24) is 9.88 Å². The minimum atomic E-state index is -1.93. The monoisotopic (exact) mass is 334 g/mol. The quantitative estimate of drug-likeness (QED) is 0.936. The van der Waals surface area contributed by atoms with Crippen LogP contribution < -0.4 is 10.3 Å². The molecule has 1 unspecified atom stereocenters. The van der Waals surface area contributed by atoms with E-state index in [1.807, 2.05) is 0 Å². The molecule has 0 saturated carbocycles. The number of hydrogen-bond acceptors (Lipinski definition) is 3. The lowest BCUT2D eigenvalue weighted by molar-refractivity contribution is 0.0744. The van der Waals surface area contributed by atoms with Gasteiger partial charge in [-0.15, -0.1) is 0 Å². The van der Waals surface area contributed by atoms with Crippen LogP contribution in [0.4, 0.5) is 8.78 Å². The molecule has 5 nitrogen and oxygen atoms in total. The zero-order valence-electron chi connectivity index (χ0n) is 13.0. The first-order valence-electron chi connectivity index (χ1n) is 7.44. The number of aromatic nitrogens is 1. The number of aromatic amines is 1. The van der Waals surface area contributed by atoms with Gasteiger partial charge in [0.25, 0.3) is 11.5 Å². The Labute approximate surface area is 136 Å². The zero-order chi connectivity index (χ0) is 17.3. The lowest BCUT2D eigenvalue weighted by Gasteiger charge is -2.22. The Morgan fingerprint density at radius 2 is 2.12 bits per heavy atom. The third-order valence-corrected chi connectivity index (χ3v) is 4.20. The first kappa shape index (κ1) is 16.2. The summed E-state index contributed by atoms with van der Waals surface area (Å²) in [5.41, 5.74) is -2.25. The number of amides is 1. The van der Waals surface area contributed by atoms with Gasteiger partial charge in [-0.3, -0.25) is 9.59 Å². The van der Waals surface area contributed by atoms with Crippen LogP contribution in [0.5, 0.6) is 5.75 Å². The van der Waals surface area contributed by atoms with Crippen molar-refractivity contribution in [1.29, 1.82) is 0 Å². The molecular formula is C17H16F2N2O3. The molecule has 0 radical (unpaired) electrons. The summed E-state index contributed by atoms with van der Waals surface area (Å²) in [5.74, 6) is -0.985. The molecule has 0 bridgehead atoms. The van der Waals surface area contributed by atoms with E-state index in [4.69, 9.17) is 4.74 Å². The van der Waals surface area contributed by atoms with Crippen molar-refractivity contribution in [3.63, 3.8) is 0 Å². The fourth-order valence-electron chi connectivity index (χ4n) is 2.95. The number of pyridine rings is 1. The van der Waals surface area contributed by atoms with Crippen molar-refractivity contribution < 1.29 is 18.3 Å². The average molecular weight is 334 g/mol. The second kappa shape index (κ2) is 6.07. The van der Waals surface area contributed by atoms with Crippen molar-refractivity contribution in [3.05, 3.63) is 63.8 Å². The highest BCUT2D eigenvalue weighted by atomic mass is 19.1. The minimum absolute atomic E-state index is 0.00530. The predicted octanol–water partition coefficient (Wildman–Crippen LogP) is 2.23. The number of nitrogens with one attached hydrogen (secondary N) is 1. The molecule has 1 atom stereocenters. The van der Waals surface area contributed by atoms with Crippen molar-refractivity contribution in [2.75, 3.05) is 20.2 Å². The number of methoxy groups -OCH3 is 1. The summed E-state index contributed by atoms with van der Waals surface area (Å²) in [7, 11) is 1.34. The Morgan fingerprint density at radius 3 is 2.83 bits per heavy atom. The third-order valence-electron chi connectivity index (χ3n) is 4.20. The molecule has 3 rings (SSSR count). The van der Waals surface area contributed by atoms with Gasteiger partial charge in [0.15, 0.2) is 5.67 Å². The molecular weight excluding hydrogens is 318 g/mol. The molecule has 1 fully saturated rings. The van der Waals surface area contributed by atoms with Crippen LogP contribution in [-0.2, 0) is 5.67 Å². The van der Waals surface area contributed by atoms with Gasteiger partial charge in [-0.05, 0) is 6.07 Å². The summed E-state index contributed by atoms with van der Waals surface area (Å²) in [4.78, 5) is 27.6. The Kier molecular flexibility index (Phi) is 4.09. The largest absolute Gasteiger partial charge is 0.496 e. The number of carbonyl (C=O) groups excluding carboxylic acids is 1. The smallest absolute Gasteiger partial charge is 0.259 e. The highest BCUT2D eigenvalue weighted by Crippen LogP contribution is 2.38. The van der Waals surface area contributed by atoms with E-state index in [9.17, 15) is 14.0 Å². The number of likely N-dealkylation sites (tertiary alicyclic amines) is 1. The fourth-order valence-corrected chi connectivity index (χ4v) is 2.95. The summed E-state index contributed by atoms with van der Waals surface area (Å²) in [6.45, 7) is -0.110. The first-order chi connectivity index (χ1) is 11.4. The standard InChI is InChI=1S/C17H16F2N2O3/c1-24-14-8-15(22)20-9-11(14)16(23)21-7-6-17(19,10-21)12-4-2-3-5-13(12)18/h2-5,8-9H,6-7,10H2,1H3,(H,20,22). The normalized spacial score (nSPS) is 20.2. The topological polar surface area (TPSA) is 62.4 Å². The van der Waals surface area contributed by atoms with E-state index >= 15 is 4.39 Å². The maximum atomic E-state index is 15.2. The first-order valence-corrected chi connectivity index (χ1v) is 7.44. The van der Waals surface area contributed by atoms with E-state index in [1.54, 1.807) is 6.07 Å². The molecule has 2 heterocycles. The second-order valence-corrected chi connectivity index (χ2v) is 5.70. The molecule has 1 N–H and O–H groups in total. The minimum Gasteiger partial charge on any atom is -0.496 e. The number of ether oxygens (including phenoxy) is 1. The molecule has 1 aliphatic rings. The highest BCUT2D eigenvalue weighted by Gasteiger charge is 2.43. The van der Waals surface area contributed by atoms with E-state index in [0.717, 1.165) is 6.07 Å². The molecule has 7 heteroatoms. The number of H-pyrrole nitrogens is 1. The Hall–Kier alpha value is -2.70. The lowest BCUT2D eigenvalue weighted by Crippen LogP contribution is -2.33. The van der Waals surface area contributed by atoms with E-state index in [-0.39, 0.29) is 36.4 Å². The highest BCUT2D eigenvalue weighted by molar-refractivity contribution is 5.96. The Balaban J connectivity index is 1.87. The Bertz CT molecular complexity index is 837. The van der Waals surface area contributed by atoms with Gasteiger partial charge in [-0.25, -0.2) is 8.78 Å².